The standard InChI is InChI=1S/C18H19N3OS/c1-23-16-9-13-12(11-20-16)8-15(22)14(10-19)17(13)21-6-4-18(2-3-18)5-7-21/h9,11H,2-8H2,1H3. The predicted molar refractivity (Wildman–Crippen MR) is 89.7 cm³/mol. The SMILES string of the molecule is CSc1cc2c(cn1)CC(=O)C(C#N)=C2N1CCC2(CC1)CC2. The zero-order valence-electron chi connectivity index (χ0n) is 13.3. The van der Waals surface area contributed by atoms with Crippen LogP contribution < -0.4 is 0 Å². The summed E-state index contributed by atoms with van der Waals surface area (Å²) in [5.41, 5.74) is 3.75. The van der Waals surface area contributed by atoms with Gasteiger partial charge in [-0.1, -0.05) is 0 Å². The first kappa shape index (κ1) is 14.8. The number of aromatic nitrogens is 1. The van der Waals surface area contributed by atoms with E-state index in [9.17, 15) is 10.1 Å². The molecule has 0 atom stereocenters. The van der Waals surface area contributed by atoms with Crippen molar-refractivity contribution in [2.24, 2.45) is 5.41 Å². The maximum atomic E-state index is 12.4. The number of allylic oxidation sites excluding steroid dienone is 1. The van der Waals surface area contributed by atoms with Gasteiger partial charge in [0.15, 0.2) is 5.78 Å². The summed E-state index contributed by atoms with van der Waals surface area (Å²) < 4.78 is 0. The van der Waals surface area contributed by atoms with Crippen molar-refractivity contribution >= 4 is 23.2 Å². The maximum Gasteiger partial charge on any atom is 0.179 e. The Balaban J connectivity index is 1.77. The largest absolute Gasteiger partial charge is 0.370 e. The molecular formula is C18H19N3OS. The molecule has 2 heterocycles. The Bertz CT molecular complexity index is 748. The predicted octanol–water partition coefficient (Wildman–Crippen LogP) is 3.04. The third-order valence-electron chi connectivity index (χ3n) is 5.50. The summed E-state index contributed by atoms with van der Waals surface area (Å²) in [7, 11) is 0. The third kappa shape index (κ3) is 2.46. The number of nitrogens with zero attached hydrogens (tertiary/aromatic N) is 3. The van der Waals surface area contributed by atoms with Crippen LogP contribution in [-0.2, 0) is 11.2 Å². The van der Waals surface area contributed by atoms with E-state index in [1.165, 1.54) is 25.7 Å². The van der Waals surface area contributed by atoms with Gasteiger partial charge in [0.2, 0.25) is 0 Å². The Hall–Kier alpha value is -1.80. The van der Waals surface area contributed by atoms with Gasteiger partial charge in [0, 0.05) is 31.3 Å². The zero-order chi connectivity index (χ0) is 16.0. The van der Waals surface area contributed by atoms with Crippen LogP contribution in [0.5, 0.6) is 0 Å². The van der Waals surface area contributed by atoms with Gasteiger partial charge in [0.25, 0.3) is 0 Å². The van der Waals surface area contributed by atoms with E-state index in [1.807, 2.05) is 12.3 Å². The molecule has 5 heteroatoms. The molecule has 118 valence electrons. The topological polar surface area (TPSA) is 57.0 Å². The van der Waals surface area contributed by atoms with E-state index >= 15 is 0 Å². The van der Waals surface area contributed by atoms with Crippen LogP contribution in [0.4, 0.5) is 0 Å². The third-order valence-corrected chi connectivity index (χ3v) is 6.14. The quantitative estimate of drug-likeness (QED) is 0.782. The number of pyridine rings is 1. The molecule has 23 heavy (non-hydrogen) atoms. The van der Waals surface area contributed by atoms with Crippen LogP contribution in [0, 0.1) is 16.7 Å². The lowest BCUT2D eigenvalue weighted by Crippen LogP contribution is -2.36. The van der Waals surface area contributed by atoms with Gasteiger partial charge in [-0.25, -0.2) is 4.98 Å². The lowest BCUT2D eigenvalue weighted by molar-refractivity contribution is -0.114. The van der Waals surface area contributed by atoms with E-state index in [-0.39, 0.29) is 5.78 Å². The fourth-order valence-corrected chi connectivity index (χ4v) is 4.18. The Kier molecular flexibility index (Phi) is 3.46. The van der Waals surface area contributed by atoms with Gasteiger partial charge >= 0.3 is 0 Å². The summed E-state index contributed by atoms with van der Waals surface area (Å²) in [5.74, 6) is -0.0691. The molecule has 0 amide bonds. The monoisotopic (exact) mass is 325 g/mol. The summed E-state index contributed by atoms with van der Waals surface area (Å²) in [6.45, 7) is 1.90. The Morgan fingerprint density at radius 1 is 1.30 bits per heavy atom. The number of carbonyl (C=O) groups excluding carboxylic acids is 1. The van der Waals surface area contributed by atoms with Crippen LogP contribution >= 0.6 is 11.8 Å². The van der Waals surface area contributed by atoms with Crippen molar-refractivity contribution in [1.29, 1.82) is 5.26 Å². The fraction of sp³-hybridized carbons (Fsp3) is 0.500. The molecule has 1 spiro atoms. The molecule has 4 nitrogen and oxygen atoms in total. The minimum Gasteiger partial charge on any atom is -0.370 e. The second kappa shape index (κ2) is 5.38. The summed E-state index contributed by atoms with van der Waals surface area (Å²) in [4.78, 5) is 19.1. The van der Waals surface area contributed by atoms with E-state index in [0.29, 0.717) is 17.4 Å². The smallest absolute Gasteiger partial charge is 0.179 e. The van der Waals surface area contributed by atoms with E-state index < -0.39 is 0 Å². The lowest BCUT2D eigenvalue weighted by Gasteiger charge is -2.37. The molecule has 1 aliphatic heterocycles. The summed E-state index contributed by atoms with van der Waals surface area (Å²) >= 11 is 1.59. The number of Topliss-reactive ketones (excluding diaryl/α,β-unsaturated/α-hetero) is 1. The summed E-state index contributed by atoms with van der Waals surface area (Å²) in [6, 6.07) is 4.22. The van der Waals surface area contributed by atoms with Crippen LogP contribution in [0.3, 0.4) is 0 Å². The number of piperidine rings is 1. The van der Waals surface area contributed by atoms with Crippen LogP contribution in [-0.4, -0.2) is 35.0 Å². The van der Waals surface area contributed by atoms with E-state index in [2.05, 4.69) is 16.0 Å². The second-order valence-electron chi connectivity index (χ2n) is 6.81. The van der Waals surface area contributed by atoms with Gasteiger partial charge in [-0.15, -0.1) is 11.8 Å². The van der Waals surface area contributed by atoms with Gasteiger partial charge in [-0.2, -0.15) is 5.26 Å². The number of fused-ring (bicyclic) bond motifs is 1. The first-order chi connectivity index (χ1) is 11.2. The van der Waals surface area contributed by atoms with Crippen LogP contribution in [0.2, 0.25) is 0 Å². The van der Waals surface area contributed by atoms with Crippen molar-refractivity contribution in [3.63, 3.8) is 0 Å². The Morgan fingerprint density at radius 3 is 2.65 bits per heavy atom. The molecule has 0 bridgehead atoms. The molecule has 1 saturated carbocycles. The number of thioether (sulfide) groups is 1. The first-order valence-corrected chi connectivity index (χ1v) is 9.34. The van der Waals surface area contributed by atoms with Gasteiger partial charge in [-0.05, 0) is 49.0 Å². The fourth-order valence-electron chi connectivity index (χ4n) is 3.79. The van der Waals surface area contributed by atoms with Crippen molar-refractivity contribution in [2.75, 3.05) is 19.3 Å². The van der Waals surface area contributed by atoms with Crippen LogP contribution in [0.25, 0.3) is 5.70 Å². The van der Waals surface area contributed by atoms with Gasteiger partial charge in [-0.3, -0.25) is 4.79 Å². The van der Waals surface area contributed by atoms with Crippen molar-refractivity contribution in [3.05, 3.63) is 29.0 Å². The molecule has 4 rings (SSSR count). The molecule has 3 aliphatic rings. The molecule has 1 aromatic rings. The van der Waals surface area contributed by atoms with Crippen LogP contribution in [0.1, 0.15) is 36.8 Å². The zero-order valence-corrected chi connectivity index (χ0v) is 14.1. The number of rotatable bonds is 2. The van der Waals surface area contributed by atoms with Gasteiger partial charge < -0.3 is 4.90 Å². The number of likely N-dealkylation sites (tertiary alicyclic amines) is 1. The summed E-state index contributed by atoms with van der Waals surface area (Å²) in [6.07, 6.45) is 9.15. The highest BCUT2D eigenvalue weighted by molar-refractivity contribution is 7.98. The molecular weight excluding hydrogens is 306 g/mol. The number of nitriles is 1. The van der Waals surface area contributed by atoms with Gasteiger partial charge in [0.1, 0.15) is 11.6 Å². The highest BCUT2D eigenvalue weighted by Gasteiger charge is 2.45. The lowest BCUT2D eigenvalue weighted by atomic mass is 9.87. The van der Waals surface area contributed by atoms with Crippen molar-refractivity contribution in [3.8, 4) is 6.07 Å². The molecule has 0 aromatic carbocycles. The van der Waals surface area contributed by atoms with Crippen molar-refractivity contribution in [1.82, 2.24) is 9.88 Å². The molecule has 0 unspecified atom stereocenters. The van der Waals surface area contributed by atoms with E-state index in [1.54, 1.807) is 18.0 Å². The number of hydrogen-bond donors (Lipinski definition) is 0. The van der Waals surface area contributed by atoms with Gasteiger partial charge in [0.05, 0.1) is 10.7 Å². The first-order valence-electron chi connectivity index (χ1n) is 8.12. The molecule has 1 aromatic heterocycles. The van der Waals surface area contributed by atoms with Crippen molar-refractivity contribution in [2.45, 2.75) is 37.1 Å². The minimum absolute atomic E-state index is 0.0691. The molecule has 0 N–H and O–H groups in total. The Labute approximate surface area is 140 Å². The van der Waals surface area contributed by atoms with Crippen molar-refractivity contribution < 1.29 is 4.79 Å². The highest BCUT2D eigenvalue weighted by Crippen LogP contribution is 2.54. The van der Waals surface area contributed by atoms with E-state index in [4.69, 9.17) is 0 Å². The number of carbonyl (C=O) groups is 1. The number of ketones is 1. The average Bonchev–Trinajstić information content (AvgIpc) is 3.33. The minimum atomic E-state index is -0.0691. The Morgan fingerprint density at radius 2 is 2.04 bits per heavy atom. The second-order valence-corrected chi connectivity index (χ2v) is 7.63. The number of hydrogen-bond acceptors (Lipinski definition) is 5. The summed E-state index contributed by atoms with van der Waals surface area (Å²) in [5, 5.41) is 10.5. The maximum absolute atomic E-state index is 12.4. The highest BCUT2D eigenvalue weighted by atomic mass is 32.2. The molecule has 0 radical (unpaired) electrons. The molecule has 2 fully saturated rings. The van der Waals surface area contributed by atoms with Crippen LogP contribution in [0.15, 0.2) is 22.9 Å². The molecule has 1 saturated heterocycles. The molecule has 2 aliphatic carbocycles. The van der Waals surface area contributed by atoms with E-state index in [0.717, 1.165) is 34.9 Å². The average molecular weight is 325 g/mol. The normalized spacial score (nSPS) is 22.1.